The number of hydrogen-bond donors (Lipinski definition) is 2. The zero-order valence-corrected chi connectivity index (χ0v) is 7.81. The van der Waals surface area contributed by atoms with Gasteiger partial charge < -0.3 is 15.2 Å². The predicted molar refractivity (Wildman–Crippen MR) is 48.2 cm³/mol. The highest BCUT2D eigenvalue weighted by Gasteiger charge is 2.27. The largest absolute Gasteiger partial charge is 0.390 e. The van der Waals surface area contributed by atoms with Crippen molar-refractivity contribution in [1.29, 1.82) is 0 Å². The molecule has 1 aliphatic heterocycles. The van der Waals surface area contributed by atoms with Crippen molar-refractivity contribution in [2.75, 3.05) is 26.8 Å². The highest BCUT2D eigenvalue weighted by atomic mass is 16.5. The van der Waals surface area contributed by atoms with Crippen molar-refractivity contribution in [3.05, 3.63) is 0 Å². The van der Waals surface area contributed by atoms with E-state index in [2.05, 4.69) is 5.32 Å². The Labute approximate surface area is 74.1 Å². The van der Waals surface area contributed by atoms with Gasteiger partial charge in [0.1, 0.15) is 0 Å². The zero-order chi connectivity index (χ0) is 8.86. The first-order chi connectivity index (χ1) is 5.77. The molecule has 0 aromatic rings. The predicted octanol–water partition coefficient (Wildman–Crippen LogP) is 0.527. The standard InChI is InChI=1S/C9H19NO2/c1-12-8-2-3-9(11)4-6-10-7-5-9/h10-11H,2-8H2,1H3. The summed E-state index contributed by atoms with van der Waals surface area (Å²) in [5, 5.41) is 13.2. The maximum atomic E-state index is 10.0. The van der Waals surface area contributed by atoms with Gasteiger partial charge >= 0.3 is 0 Å². The van der Waals surface area contributed by atoms with Gasteiger partial charge in [-0.2, -0.15) is 0 Å². The Morgan fingerprint density at radius 2 is 2.08 bits per heavy atom. The molecule has 0 aromatic heterocycles. The van der Waals surface area contributed by atoms with Gasteiger partial charge in [0.15, 0.2) is 0 Å². The highest BCUT2D eigenvalue weighted by molar-refractivity contribution is 4.83. The molecule has 72 valence electrons. The van der Waals surface area contributed by atoms with Crippen molar-refractivity contribution in [3.8, 4) is 0 Å². The van der Waals surface area contributed by atoms with E-state index in [-0.39, 0.29) is 0 Å². The molecular formula is C9H19NO2. The van der Waals surface area contributed by atoms with Crippen LogP contribution in [0.2, 0.25) is 0 Å². The van der Waals surface area contributed by atoms with Crippen LogP contribution in [0.3, 0.4) is 0 Å². The van der Waals surface area contributed by atoms with Crippen LogP contribution in [-0.4, -0.2) is 37.5 Å². The smallest absolute Gasteiger partial charge is 0.0672 e. The van der Waals surface area contributed by atoms with Crippen molar-refractivity contribution in [3.63, 3.8) is 0 Å². The summed E-state index contributed by atoms with van der Waals surface area (Å²) < 4.78 is 4.95. The van der Waals surface area contributed by atoms with E-state index >= 15 is 0 Å². The Kier molecular flexibility index (Phi) is 3.98. The van der Waals surface area contributed by atoms with E-state index in [1.165, 1.54) is 0 Å². The van der Waals surface area contributed by atoms with E-state index in [9.17, 15) is 5.11 Å². The quantitative estimate of drug-likeness (QED) is 0.609. The van der Waals surface area contributed by atoms with Crippen LogP contribution in [-0.2, 0) is 4.74 Å². The minimum atomic E-state index is -0.413. The average Bonchev–Trinajstić information content (AvgIpc) is 2.06. The molecular weight excluding hydrogens is 154 g/mol. The van der Waals surface area contributed by atoms with Crippen molar-refractivity contribution < 1.29 is 9.84 Å². The molecule has 0 atom stereocenters. The Balaban J connectivity index is 2.17. The summed E-state index contributed by atoms with van der Waals surface area (Å²) in [4.78, 5) is 0. The molecule has 3 heteroatoms. The van der Waals surface area contributed by atoms with Crippen molar-refractivity contribution in [2.45, 2.75) is 31.3 Å². The molecule has 2 N–H and O–H groups in total. The summed E-state index contributed by atoms with van der Waals surface area (Å²) in [6, 6.07) is 0. The third-order valence-electron chi connectivity index (χ3n) is 2.52. The summed E-state index contributed by atoms with van der Waals surface area (Å²) in [5.41, 5.74) is -0.413. The van der Waals surface area contributed by atoms with Crippen LogP contribution in [0, 0.1) is 0 Å². The molecule has 1 aliphatic rings. The molecule has 0 aliphatic carbocycles. The normalized spacial score (nSPS) is 22.5. The molecule has 1 fully saturated rings. The molecule has 0 aromatic carbocycles. The molecule has 1 saturated heterocycles. The SMILES string of the molecule is COCCCC1(O)CCNCC1. The minimum Gasteiger partial charge on any atom is -0.390 e. The number of ether oxygens (including phenoxy) is 1. The molecule has 12 heavy (non-hydrogen) atoms. The van der Waals surface area contributed by atoms with E-state index in [1.807, 2.05) is 0 Å². The zero-order valence-electron chi connectivity index (χ0n) is 7.81. The van der Waals surface area contributed by atoms with Crippen LogP contribution in [0.5, 0.6) is 0 Å². The Bertz CT molecular complexity index is 122. The number of aliphatic hydroxyl groups is 1. The molecule has 3 nitrogen and oxygen atoms in total. The number of nitrogens with one attached hydrogen (secondary N) is 1. The molecule has 0 bridgehead atoms. The number of piperidine rings is 1. The highest BCUT2D eigenvalue weighted by Crippen LogP contribution is 2.23. The van der Waals surface area contributed by atoms with Crippen LogP contribution < -0.4 is 5.32 Å². The summed E-state index contributed by atoms with van der Waals surface area (Å²) in [6.07, 6.45) is 3.61. The fourth-order valence-corrected chi connectivity index (χ4v) is 1.69. The van der Waals surface area contributed by atoms with Crippen LogP contribution in [0.4, 0.5) is 0 Å². The van der Waals surface area contributed by atoms with Gasteiger partial charge in [-0.15, -0.1) is 0 Å². The summed E-state index contributed by atoms with van der Waals surface area (Å²) in [5.74, 6) is 0. The van der Waals surface area contributed by atoms with Gasteiger partial charge in [0.25, 0.3) is 0 Å². The maximum Gasteiger partial charge on any atom is 0.0672 e. The molecule has 1 heterocycles. The Hall–Kier alpha value is -0.120. The van der Waals surface area contributed by atoms with Crippen LogP contribution in [0.25, 0.3) is 0 Å². The first-order valence-electron chi connectivity index (χ1n) is 4.69. The van der Waals surface area contributed by atoms with Gasteiger partial charge in [-0.1, -0.05) is 0 Å². The number of rotatable bonds is 4. The number of hydrogen-bond acceptors (Lipinski definition) is 3. The van der Waals surface area contributed by atoms with Gasteiger partial charge in [-0.3, -0.25) is 0 Å². The fourth-order valence-electron chi connectivity index (χ4n) is 1.69. The first kappa shape index (κ1) is 9.96. The number of methoxy groups -OCH3 is 1. The summed E-state index contributed by atoms with van der Waals surface area (Å²) >= 11 is 0. The van der Waals surface area contributed by atoms with Gasteiger partial charge in [0.05, 0.1) is 5.60 Å². The van der Waals surface area contributed by atoms with E-state index in [0.29, 0.717) is 0 Å². The molecule has 0 radical (unpaired) electrons. The van der Waals surface area contributed by atoms with Gasteiger partial charge in [-0.25, -0.2) is 0 Å². The van der Waals surface area contributed by atoms with Crippen molar-refractivity contribution in [2.24, 2.45) is 0 Å². The lowest BCUT2D eigenvalue weighted by molar-refractivity contribution is -0.00430. The fraction of sp³-hybridized carbons (Fsp3) is 1.00. The van der Waals surface area contributed by atoms with Gasteiger partial charge in [-0.05, 0) is 38.8 Å². The van der Waals surface area contributed by atoms with E-state index < -0.39 is 5.60 Å². The second-order valence-electron chi connectivity index (χ2n) is 3.57. The second-order valence-corrected chi connectivity index (χ2v) is 3.57. The van der Waals surface area contributed by atoms with Gasteiger partial charge in [0.2, 0.25) is 0 Å². The van der Waals surface area contributed by atoms with E-state index in [1.54, 1.807) is 7.11 Å². The van der Waals surface area contributed by atoms with Crippen molar-refractivity contribution >= 4 is 0 Å². The lowest BCUT2D eigenvalue weighted by Gasteiger charge is -2.32. The molecule has 0 spiro atoms. The van der Waals surface area contributed by atoms with Crippen LogP contribution in [0.1, 0.15) is 25.7 Å². The monoisotopic (exact) mass is 173 g/mol. The topological polar surface area (TPSA) is 41.5 Å². The minimum absolute atomic E-state index is 0.413. The summed E-state index contributed by atoms with van der Waals surface area (Å²) in [7, 11) is 1.70. The Morgan fingerprint density at radius 1 is 1.42 bits per heavy atom. The van der Waals surface area contributed by atoms with Crippen molar-refractivity contribution in [1.82, 2.24) is 5.32 Å². The Morgan fingerprint density at radius 3 is 2.67 bits per heavy atom. The first-order valence-corrected chi connectivity index (χ1v) is 4.69. The molecule has 0 saturated carbocycles. The molecule has 1 rings (SSSR count). The third-order valence-corrected chi connectivity index (χ3v) is 2.52. The molecule has 0 amide bonds. The summed E-state index contributed by atoms with van der Waals surface area (Å²) in [6.45, 7) is 2.66. The lowest BCUT2D eigenvalue weighted by Crippen LogP contribution is -2.41. The van der Waals surface area contributed by atoms with Crippen LogP contribution >= 0.6 is 0 Å². The van der Waals surface area contributed by atoms with Crippen LogP contribution in [0.15, 0.2) is 0 Å². The third kappa shape index (κ3) is 3.09. The molecule has 0 unspecified atom stereocenters. The lowest BCUT2D eigenvalue weighted by atomic mass is 9.88. The van der Waals surface area contributed by atoms with E-state index in [4.69, 9.17) is 4.74 Å². The van der Waals surface area contributed by atoms with Gasteiger partial charge in [0, 0.05) is 13.7 Å². The maximum absolute atomic E-state index is 10.0. The second kappa shape index (κ2) is 4.80. The average molecular weight is 173 g/mol. The van der Waals surface area contributed by atoms with E-state index in [0.717, 1.165) is 45.4 Å².